The third-order valence-corrected chi connectivity index (χ3v) is 2.84. The van der Waals surface area contributed by atoms with Crippen LogP contribution in [0.4, 0.5) is 8.78 Å². The minimum atomic E-state index is -1.09. The molecule has 0 saturated carbocycles. The second-order valence-corrected chi connectivity index (χ2v) is 3.93. The SMILES string of the molecule is Fc1cncc(C(F)C2CCNCC2)c1. The molecule has 1 aliphatic heterocycles. The number of nitrogens with one attached hydrogen (secondary N) is 1. The normalized spacial score (nSPS) is 20.1. The van der Waals surface area contributed by atoms with E-state index in [1.165, 1.54) is 12.3 Å². The fourth-order valence-electron chi connectivity index (χ4n) is 1.99. The van der Waals surface area contributed by atoms with E-state index in [2.05, 4.69) is 10.3 Å². The van der Waals surface area contributed by atoms with Gasteiger partial charge in [-0.05, 0) is 37.9 Å². The number of hydrogen-bond donors (Lipinski definition) is 1. The molecule has 2 heterocycles. The van der Waals surface area contributed by atoms with E-state index in [0.717, 1.165) is 32.1 Å². The molecule has 0 aliphatic carbocycles. The van der Waals surface area contributed by atoms with Crippen LogP contribution in [-0.4, -0.2) is 18.1 Å². The van der Waals surface area contributed by atoms with Gasteiger partial charge in [0.2, 0.25) is 0 Å². The molecular formula is C11H14F2N2. The topological polar surface area (TPSA) is 24.9 Å². The highest BCUT2D eigenvalue weighted by atomic mass is 19.1. The van der Waals surface area contributed by atoms with Crippen molar-refractivity contribution in [3.63, 3.8) is 0 Å². The Morgan fingerprint density at radius 3 is 2.73 bits per heavy atom. The van der Waals surface area contributed by atoms with Crippen LogP contribution in [0, 0.1) is 11.7 Å². The third-order valence-electron chi connectivity index (χ3n) is 2.84. The molecule has 1 aromatic heterocycles. The van der Waals surface area contributed by atoms with Crippen molar-refractivity contribution in [3.8, 4) is 0 Å². The molecule has 1 saturated heterocycles. The number of aromatic nitrogens is 1. The molecule has 2 rings (SSSR count). The van der Waals surface area contributed by atoms with Crippen LogP contribution < -0.4 is 5.32 Å². The second kappa shape index (κ2) is 4.66. The Labute approximate surface area is 87.7 Å². The van der Waals surface area contributed by atoms with Gasteiger partial charge in [-0.3, -0.25) is 4.98 Å². The number of halogens is 2. The van der Waals surface area contributed by atoms with Gasteiger partial charge < -0.3 is 5.32 Å². The average Bonchev–Trinajstić information content (AvgIpc) is 2.29. The van der Waals surface area contributed by atoms with Crippen molar-refractivity contribution in [2.75, 3.05) is 13.1 Å². The van der Waals surface area contributed by atoms with Gasteiger partial charge in [0.1, 0.15) is 12.0 Å². The molecule has 2 nitrogen and oxygen atoms in total. The van der Waals surface area contributed by atoms with E-state index in [1.807, 2.05) is 0 Å². The highest BCUT2D eigenvalue weighted by molar-refractivity contribution is 5.14. The molecule has 1 aliphatic rings. The molecular weight excluding hydrogens is 198 g/mol. The largest absolute Gasteiger partial charge is 0.317 e. The van der Waals surface area contributed by atoms with Crippen molar-refractivity contribution in [2.45, 2.75) is 19.0 Å². The van der Waals surface area contributed by atoms with Gasteiger partial charge >= 0.3 is 0 Å². The van der Waals surface area contributed by atoms with Crippen LogP contribution >= 0.6 is 0 Å². The minimum absolute atomic E-state index is 0.00477. The number of piperidine rings is 1. The van der Waals surface area contributed by atoms with Crippen molar-refractivity contribution in [1.82, 2.24) is 10.3 Å². The lowest BCUT2D eigenvalue weighted by Gasteiger charge is -2.25. The van der Waals surface area contributed by atoms with E-state index < -0.39 is 12.0 Å². The highest BCUT2D eigenvalue weighted by Crippen LogP contribution is 2.31. The molecule has 82 valence electrons. The second-order valence-electron chi connectivity index (χ2n) is 3.93. The van der Waals surface area contributed by atoms with Crippen LogP contribution in [0.15, 0.2) is 18.5 Å². The zero-order chi connectivity index (χ0) is 10.7. The minimum Gasteiger partial charge on any atom is -0.317 e. The van der Waals surface area contributed by atoms with E-state index in [-0.39, 0.29) is 5.92 Å². The standard InChI is InChI=1S/C11H14F2N2/c12-10-5-9(6-15-7-10)11(13)8-1-3-14-4-2-8/h5-8,11,14H,1-4H2. The lowest BCUT2D eigenvalue weighted by atomic mass is 9.90. The predicted molar refractivity (Wildman–Crippen MR) is 53.6 cm³/mol. The summed E-state index contributed by atoms with van der Waals surface area (Å²) in [5.41, 5.74) is 0.363. The first-order valence-electron chi connectivity index (χ1n) is 5.22. The highest BCUT2D eigenvalue weighted by Gasteiger charge is 2.24. The Hall–Kier alpha value is -1.03. The molecule has 1 fully saturated rings. The lowest BCUT2D eigenvalue weighted by Crippen LogP contribution is -2.29. The van der Waals surface area contributed by atoms with Gasteiger partial charge in [-0.1, -0.05) is 0 Å². The maximum atomic E-state index is 14.0. The molecule has 0 bridgehead atoms. The van der Waals surface area contributed by atoms with Crippen LogP contribution in [-0.2, 0) is 0 Å². The zero-order valence-electron chi connectivity index (χ0n) is 8.42. The Morgan fingerprint density at radius 1 is 1.33 bits per heavy atom. The number of nitrogens with zero attached hydrogens (tertiary/aromatic N) is 1. The zero-order valence-corrected chi connectivity index (χ0v) is 8.42. The van der Waals surface area contributed by atoms with Crippen molar-refractivity contribution in [3.05, 3.63) is 29.8 Å². The van der Waals surface area contributed by atoms with Crippen LogP contribution in [0.1, 0.15) is 24.6 Å². The summed E-state index contributed by atoms with van der Waals surface area (Å²) in [4.78, 5) is 3.67. The van der Waals surface area contributed by atoms with Gasteiger partial charge in [0.15, 0.2) is 0 Å². The van der Waals surface area contributed by atoms with E-state index in [0.29, 0.717) is 5.56 Å². The number of pyridine rings is 1. The summed E-state index contributed by atoms with van der Waals surface area (Å²) >= 11 is 0. The van der Waals surface area contributed by atoms with Crippen LogP contribution in [0.5, 0.6) is 0 Å². The van der Waals surface area contributed by atoms with Crippen molar-refractivity contribution < 1.29 is 8.78 Å². The van der Waals surface area contributed by atoms with Gasteiger partial charge in [0.25, 0.3) is 0 Å². The molecule has 0 aromatic carbocycles. The van der Waals surface area contributed by atoms with Gasteiger partial charge in [-0.15, -0.1) is 0 Å². The Kier molecular flexibility index (Phi) is 3.26. The van der Waals surface area contributed by atoms with E-state index in [1.54, 1.807) is 0 Å². The summed E-state index contributed by atoms with van der Waals surface area (Å²) in [5.74, 6) is -0.473. The Morgan fingerprint density at radius 2 is 2.07 bits per heavy atom. The lowest BCUT2D eigenvalue weighted by molar-refractivity contribution is 0.189. The Bertz CT molecular complexity index is 324. The molecule has 0 radical (unpaired) electrons. The maximum absolute atomic E-state index is 14.0. The summed E-state index contributed by atoms with van der Waals surface area (Å²) in [6.07, 6.45) is 3.03. The van der Waals surface area contributed by atoms with Crippen LogP contribution in [0.3, 0.4) is 0 Å². The third kappa shape index (κ3) is 2.50. The summed E-state index contributed by atoms with van der Waals surface area (Å²) in [7, 11) is 0. The summed E-state index contributed by atoms with van der Waals surface area (Å²) < 4.78 is 26.8. The van der Waals surface area contributed by atoms with Crippen molar-refractivity contribution >= 4 is 0 Å². The smallest absolute Gasteiger partial charge is 0.141 e. The summed E-state index contributed by atoms with van der Waals surface area (Å²) in [6.45, 7) is 1.68. The van der Waals surface area contributed by atoms with Gasteiger partial charge in [-0.2, -0.15) is 0 Å². The molecule has 1 N–H and O–H groups in total. The van der Waals surface area contributed by atoms with E-state index >= 15 is 0 Å². The Balaban J connectivity index is 2.08. The molecule has 1 atom stereocenters. The first kappa shape index (κ1) is 10.5. The molecule has 4 heteroatoms. The average molecular weight is 212 g/mol. The number of rotatable bonds is 2. The predicted octanol–water partition coefficient (Wildman–Crippen LogP) is 2.23. The number of hydrogen-bond acceptors (Lipinski definition) is 2. The van der Waals surface area contributed by atoms with E-state index in [4.69, 9.17) is 0 Å². The molecule has 0 spiro atoms. The van der Waals surface area contributed by atoms with Crippen molar-refractivity contribution in [1.29, 1.82) is 0 Å². The fourth-order valence-corrected chi connectivity index (χ4v) is 1.99. The first-order valence-corrected chi connectivity index (χ1v) is 5.22. The maximum Gasteiger partial charge on any atom is 0.141 e. The summed E-state index contributed by atoms with van der Waals surface area (Å²) in [6, 6.07) is 1.24. The van der Waals surface area contributed by atoms with Gasteiger partial charge in [0.05, 0.1) is 6.20 Å². The van der Waals surface area contributed by atoms with Gasteiger partial charge in [0, 0.05) is 11.8 Å². The summed E-state index contributed by atoms with van der Waals surface area (Å²) in [5, 5.41) is 3.18. The molecule has 0 amide bonds. The fraction of sp³-hybridized carbons (Fsp3) is 0.545. The molecule has 1 unspecified atom stereocenters. The van der Waals surface area contributed by atoms with Gasteiger partial charge in [-0.25, -0.2) is 8.78 Å². The van der Waals surface area contributed by atoms with Crippen LogP contribution in [0.25, 0.3) is 0 Å². The molecule has 1 aromatic rings. The number of alkyl halides is 1. The van der Waals surface area contributed by atoms with Crippen LogP contribution in [0.2, 0.25) is 0 Å². The molecule has 15 heavy (non-hydrogen) atoms. The van der Waals surface area contributed by atoms with Crippen molar-refractivity contribution in [2.24, 2.45) is 5.92 Å². The quantitative estimate of drug-likeness (QED) is 0.813. The first-order chi connectivity index (χ1) is 7.27. The van der Waals surface area contributed by atoms with E-state index in [9.17, 15) is 8.78 Å². The monoisotopic (exact) mass is 212 g/mol.